The zero-order chi connectivity index (χ0) is 39.1. The molecule has 0 aliphatic carbocycles. The van der Waals surface area contributed by atoms with Crippen LogP contribution >= 0.6 is 0 Å². The summed E-state index contributed by atoms with van der Waals surface area (Å²) in [5, 5.41) is 6.90. The standard InChI is InChI=1S/C56H38N2O/c1-4-17-39(18-5-1)41-23-14-30-48(33-41)58(46-27-8-3-9-28-46)53-37-49(38-55-56(53)52-35-42-20-10-11-21-43(42)36-54(52)59-55)57(45-25-6-2-7-26-45)47-29-15-24-44(34-47)51-32-16-22-40-19-12-13-31-50(40)51/h1-38H. The van der Waals surface area contributed by atoms with Crippen LogP contribution in [0.4, 0.5) is 34.1 Å². The van der Waals surface area contributed by atoms with Crippen LogP contribution in [0.1, 0.15) is 0 Å². The summed E-state index contributed by atoms with van der Waals surface area (Å²) in [6.07, 6.45) is 0. The lowest BCUT2D eigenvalue weighted by atomic mass is 9.97. The Hall–Kier alpha value is -7.88. The molecule has 0 radical (unpaired) electrons. The van der Waals surface area contributed by atoms with E-state index in [4.69, 9.17) is 4.42 Å². The summed E-state index contributed by atoms with van der Waals surface area (Å²) in [6, 6.07) is 82.3. The van der Waals surface area contributed by atoms with Gasteiger partial charge in [-0.25, -0.2) is 0 Å². The lowest BCUT2D eigenvalue weighted by Gasteiger charge is -2.30. The highest BCUT2D eigenvalue weighted by atomic mass is 16.3. The van der Waals surface area contributed by atoms with Crippen LogP contribution in [0.25, 0.3) is 65.7 Å². The van der Waals surface area contributed by atoms with E-state index in [2.05, 4.69) is 240 Å². The minimum atomic E-state index is 0.814. The average Bonchev–Trinajstić information content (AvgIpc) is 3.66. The molecule has 0 saturated heterocycles. The molecule has 278 valence electrons. The molecular weight excluding hydrogens is 717 g/mol. The van der Waals surface area contributed by atoms with E-state index in [1.165, 1.54) is 27.3 Å². The van der Waals surface area contributed by atoms with Gasteiger partial charge in [0, 0.05) is 34.2 Å². The van der Waals surface area contributed by atoms with E-state index in [9.17, 15) is 0 Å². The molecule has 0 saturated carbocycles. The van der Waals surface area contributed by atoms with Gasteiger partial charge in [-0.2, -0.15) is 0 Å². The van der Waals surface area contributed by atoms with E-state index in [0.29, 0.717) is 0 Å². The maximum Gasteiger partial charge on any atom is 0.139 e. The molecule has 11 rings (SSSR count). The van der Waals surface area contributed by atoms with E-state index in [1.807, 2.05) is 0 Å². The number of anilines is 6. The molecule has 0 aliphatic heterocycles. The summed E-state index contributed by atoms with van der Waals surface area (Å²) in [5.74, 6) is 0. The van der Waals surface area contributed by atoms with E-state index in [1.54, 1.807) is 0 Å². The van der Waals surface area contributed by atoms with Gasteiger partial charge in [0.25, 0.3) is 0 Å². The van der Waals surface area contributed by atoms with Gasteiger partial charge in [0.05, 0.1) is 16.8 Å². The van der Waals surface area contributed by atoms with Crippen molar-refractivity contribution in [1.82, 2.24) is 0 Å². The second-order valence-corrected chi connectivity index (χ2v) is 15.0. The molecule has 0 N–H and O–H groups in total. The monoisotopic (exact) mass is 754 g/mol. The largest absolute Gasteiger partial charge is 0.456 e. The predicted octanol–water partition coefficient (Wildman–Crippen LogP) is 16.2. The molecule has 1 aromatic heterocycles. The zero-order valence-corrected chi connectivity index (χ0v) is 32.2. The SMILES string of the molecule is c1ccc(-c2cccc(N(c3ccccc3)c3cc(N(c4ccccc4)c4cccc(-c5cccc6ccccc56)c4)cc4oc5cc6ccccc6cc5c34)c2)cc1. The number of benzene rings is 10. The first kappa shape index (κ1) is 34.4. The van der Waals surface area contributed by atoms with Crippen molar-refractivity contribution >= 4 is 77.6 Å². The van der Waals surface area contributed by atoms with Gasteiger partial charge in [-0.1, -0.05) is 158 Å². The summed E-state index contributed by atoms with van der Waals surface area (Å²) in [5.41, 5.74) is 12.5. The molecule has 3 nitrogen and oxygen atoms in total. The van der Waals surface area contributed by atoms with Crippen LogP contribution in [-0.2, 0) is 0 Å². The third kappa shape index (κ3) is 6.26. The fraction of sp³-hybridized carbons (Fsp3) is 0. The molecule has 10 aromatic carbocycles. The van der Waals surface area contributed by atoms with Crippen molar-refractivity contribution in [3.05, 3.63) is 231 Å². The summed E-state index contributed by atoms with van der Waals surface area (Å²) in [4.78, 5) is 4.74. The first-order valence-electron chi connectivity index (χ1n) is 20.1. The maximum absolute atomic E-state index is 6.97. The maximum atomic E-state index is 6.97. The first-order chi connectivity index (χ1) is 29.2. The van der Waals surface area contributed by atoms with Crippen LogP contribution in [-0.4, -0.2) is 0 Å². The Balaban J connectivity index is 1.19. The van der Waals surface area contributed by atoms with E-state index >= 15 is 0 Å². The third-order valence-corrected chi connectivity index (χ3v) is 11.3. The second-order valence-electron chi connectivity index (χ2n) is 15.0. The van der Waals surface area contributed by atoms with Crippen LogP contribution in [0.15, 0.2) is 235 Å². The van der Waals surface area contributed by atoms with Gasteiger partial charge >= 0.3 is 0 Å². The van der Waals surface area contributed by atoms with Crippen molar-refractivity contribution in [2.45, 2.75) is 0 Å². The Kier molecular flexibility index (Phi) is 8.49. The molecule has 0 bridgehead atoms. The van der Waals surface area contributed by atoms with Crippen molar-refractivity contribution < 1.29 is 4.42 Å². The topological polar surface area (TPSA) is 19.6 Å². The molecule has 0 aliphatic rings. The lowest BCUT2D eigenvalue weighted by molar-refractivity contribution is 0.669. The average molecular weight is 755 g/mol. The number of rotatable bonds is 8. The third-order valence-electron chi connectivity index (χ3n) is 11.3. The molecule has 59 heavy (non-hydrogen) atoms. The Morgan fingerprint density at radius 2 is 0.814 bits per heavy atom. The van der Waals surface area contributed by atoms with Crippen molar-refractivity contribution in [1.29, 1.82) is 0 Å². The number of hydrogen-bond acceptors (Lipinski definition) is 3. The van der Waals surface area contributed by atoms with Gasteiger partial charge in [0.15, 0.2) is 0 Å². The molecule has 11 aromatic rings. The fourth-order valence-corrected chi connectivity index (χ4v) is 8.63. The summed E-state index contributed by atoms with van der Waals surface area (Å²) in [6.45, 7) is 0. The van der Waals surface area contributed by atoms with Crippen molar-refractivity contribution in [2.24, 2.45) is 0 Å². The van der Waals surface area contributed by atoms with Crippen molar-refractivity contribution in [2.75, 3.05) is 9.80 Å². The van der Waals surface area contributed by atoms with E-state index < -0.39 is 0 Å². The van der Waals surface area contributed by atoms with Gasteiger partial charge in [-0.05, 0) is 111 Å². The molecule has 0 unspecified atom stereocenters. The van der Waals surface area contributed by atoms with Gasteiger partial charge in [0.2, 0.25) is 0 Å². The van der Waals surface area contributed by atoms with E-state index in [0.717, 1.165) is 72.6 Å². The summed E-state index contributed by atoms with van der Waals surface area (Å²) in [7, 11) is 0. The molecular formula is C56H38N2O. The normalized spacial score (nSPS) is 11.4. The molecule has 0 atom stereocenters. The summed E-state index contributed by atoms with van der Waals surface area (Å²) >= 11 is 0. The van der Waals surface area contributed by atoms with E-state index in [-0.39, 0.29) is 0 Å². The Labute approximate surface area is 343 Å². The highest BCUT2D eigenvalue weighted by molar-refractivity contribution is 6.17. The Bertz CT molecular complexity index is 3280. The highest BCUT2D eigenvalue weighted by Crippen LogP contribution is 2.48. The number of hydrogen-bond donors (Lipinski definition) is 0. The Morgan fingerprint density at radius 1 is 0.288 bits per heavy atom. The fourth-order valence-electron chi connectivity index (χ4n) is 8.63. The quantitative estimate of drug-likeness (QED) is 0.154. The van der Waals surface area contributed by atoms with Crippen LogP contribution in [0.2, 0.25) is 0 Å². The minimum Gasteiger partial charge on any atom is -0.456 e. The van der Waals surface area contributed by atoms with Gasteiger partial charge < -0.3 is 14.2 Å². The molecule has 1 heterocycles. The van der Waals surface area contributed by atoms with Crippen molar-refractivity contribution in [3.8, 4) is 22.3 Å². The predicted molar refractivity (Wildman–Crippen MR) is 249 cm³/mol. The number of para-hydroxylation sites is 2. The first-order valence-corrected chi connectivity index (χ1v) is 20.1. The minimum absolute atomic E-state index is 0.814. The number of furan rings is 1. The number of fused-ring (bicyclic) bond motifs is 5. The number of nitrogens with zero attached hydrogens (tertiary/aromatic N) is 2. The van der Waals surface area contributed by atoms with Crippen LogP contribution in [0.3, 0.4) is 0 Å². The highest BCUT2D eigenvalue weighted by Gasteiger charge is 2.24. The lowest BCUT2D eigenvalue weighted by Crippen LogP contribution is -2.13. The van der Waals surface area contributed by atoms with Crippen LogP contribution in [0.5, 0.6) is 0 Å². The van der Waals surface area contributed by atoms with Crippen LogP contribution < -0.4 is 9.80 Å². The van der Waals surface area contributed by atoms with Gasteiger partial charge in [0.1, 0.15) is 11.2 Å². The van der Waals surface area contributed by atoms with Gasteiger partial charge in [-0.15, -0.1) is 0 Å². The second kappa shape index (κ2) is 14.6. The summed E-state index contributed by atoms with van der Waals surface area (Å²) < 4.78 is 6.97. The zero-order valence-electron chi connectivity index (χ0n) is 32.2. The van der Waals surface area contributed by atoms with Crippen molar-refractivity contribution in [3.63, 3.8) is 0 Å². The molecule has 0 amide bonds. The molecule has 3 heteroatoms. The smallest absolute Gasteiger partial charge is 0.139 e. The Morgan fingerprint density at radius 3 is 1.56 bits per heavy atom. The molecule has 0 spiro atoms. The van der Waals surface area contributed by atoms with Gasteiger partial charge in [-0.3, -0.25) is 0 Å². The molecule has 0 fully saturated rings. The van der Waals surface area contributed by atoms with Crippen LogP contribution in [0, 0.1) is 0 Å².